The van der Waals surface area contributed by atoms with E-state index in [2.05, 4.69) is 9.71 Å². The van der Waals surface area contributed by atoms with Crippen molar-refractivity contribution in [2.75, 3.05) is 30.9 Å². The van der Waals surface area contributed by atoms with Crippen LogP contribution in [0.5, 0.6) is 0 Å². The number of piperazine rings is 1. The highest BCUT2D eigenvalue weighted by molar-refractivity contribution is 7.93. The topological polar surface area (TPSA) is 120 Å². The van der Waals surface area contributed by atoms with Gasteiger partial charge >= 0.3 is 12.1 Å². The van der Waals surface area contributed by atoms with E-state index in [4.69, 9.17) is 23.2 Å². The lowest BCUT2D eigenvalue weighted by molar-refractivity contribution is -0.186. The maximum atomic E-state index is 13.1. The van der Waals surface area contributed by atoms with Gasteiger partial charge in [0.05, 0.1) is 31.0 Å². The van der Waals surface area contributed by atoms with Gasteiger partial charge in [-0.25, -0.2) is 16.8 Å². The van der Waals surface area contributed by atoms with Crippen molar-refractivity contribution in [3.8, 4) is 0 Å². The summed E-state index contributed by atoms with van der Waals surface area (Å²) < 4.78 is 93.5. The first-order chi connectivity index (χ1) is 16.7. The van der Waals surface area contributed by atoms with Gasteiger partial charge < -0.3 is 9.88 Å². The van der Waals surface area contributed by atoms with E-state index in [1.807, 2.05) is 0 Å². The minimum absolute atomic E-state index is 0.125. The highest BCUT2D eigenvalue weighted by atomic mass is 35.5. The van der Waals surface area contributed by atoms with E-state index in [9.17, 15) is 34.8 Å². The van der Waals surface area contributed by atoms with E-state index in [-0.39, 0.29) is 33.6 Å². The van der Waals surface area contributed by atoms with E-state index in [0.717, 1.165) is 10.4 Å². The van der Waals surface area contributed by atoms with Crippen LogP contribution in [0.3, 0.4) is 0 Å². The maximum absolute atomic E-state index is 13.1. The summed E-state index contributed by atoms with van der Waals surface area (Å²) in [6, 6.07) is 7.40. The second-order valence-corrected chi connectivity index (χ2v) is 12.2. The Bertz CT molecular complexity index is 1550. The van der Waals surface area contributed by atoms with Crippen LogP contribution in [-0.4, -0.2) is 69.3 Å². The summed E-state index contributed by atoms with van der Waals surface area (Å²) >= 11 is 12.2. The fraction of sp³-hybridized carbons (Fsp3) is 0.250. The average Bonchev–Trinajstić information content (AvgIpc) is 3.22. The fourth-order valence-corrected chi connectivity index (χ4v) is 6.94. The first kappa shape index (κ1) is 26.5. The molecule has 1 aliphatic heterocycles. The molecular weight excluding hydrogens is 568 g/mol. The molecule has 0 saturated carbocycles. The molecule has 194 valence electrons. The van der Waals surface area contributed by atoms with Crippen molar-refractivity contribution in [2.45, 2.75) is 16.0 Å². The first-order valence-electron chi connectivity index (χ1n) is 10.2. The summed E-state index contributed by atoms with van der Waals surface area (Å²) in [5, 5.41) is 0.975. The molecule has 9 nitrogen and oxygen atoms in total. The number of carbonyl (C=O) groups excluding carboxylic acids is 1. The van der Waals surface area contributed by atoms with Crippen molar-refractivity contribution in [2.24, 2.45) is 0 Å². The Morgan fingerprint density at radius 2 is 1.58 bits per heavy atom. The number of nitrogens with zero attached hydrogens (tertiary/aromatic N) is 2. The van der Waals surface area contributed by atoms with E-state index >= 15 is 0 Å². The van der Waals surface area contributed by atoms with Gasteiger partial charge in [-0.1, -0.05) is 29.3 Å². The van der Waals surface area contributed by atoms with Crippen molar-refractivity contribution in [1.82, 2.24) is 14.2 Å². The molecule has 4 rings (SSSR count). The highest BCUT2D eigenvalue weighted by Crippen LogP contribution is 2.35. The number of aromatic amines is 1. The number of carbonyl (C=O) groups is 1. The number of benzene rings is 2. The third kappa shape index (κ3) is 5.00. The smallest absolute Gasteiger partial charge is 0.358 e. The predicted octanol–water partition coefficient (Wildman–Crippen LogP) is 3.67. The first-order valence-corrected chi connectivity index (χ1v) is 13.8. The summed E-state index contributed by atoms with van der Waals surface area (Å²) in [4.78, 5) is 14.0. The SMILES string of the molecule is O=C(N1CCN(S(=O)(=O)c2cccc(S(=O)(=O)Nc3ccc(Cl)c4c(Cl)c[nH]c34)c2)CC1)C(F)(F)F. The number of H-pyrrole nitrogens is 1. The summed E-state index contributed by atoms with van der Waals surface area (Å²) in [5.41, 5.74) is 0.450. The van der Waals surface area contributed by atoms with Crippen LogP contribution < -0.4 is 4.72 Å². The van der Waals surface area contributed by atoms with Gasteiger partial charge in [-0.05, 0) is 30.3 Å². The number of sulfonamides is 2. The molecule has 1 saturated heterocycles. The lowest BCUT2D eigenvalue weighted by Crippen LogP contribution is -2.53. The van der Waals surface area contributed by atoms with E-state index in [1.54, 1.807) is 0 Å². The average molecular weight is 585 g/mol. The van der Waals surface area contributed by atoms with Crippen molar-refractivity contribution in [3.05, 3.63) is 52.6 Å². The predicted molar refractivity (Wildman–Crippen MR) is 127 cm³/mol. The monoisotopic (exact) mass is 584 g/mol. The Hall–Kier alpha value is -2.52. The molecule has 2 aromatic carbocycles. The second-order valence-electron chi connectivity index (χ2n) is 7.76. The molecule has 0 unspecified atom stereocenters. The number of anilines is 1. The molecule has 2 heterocycles. The number of halogens is 5. The number of alkyl halides is 3. The molecule has 1 aromatic heterocycles. The zero-order valence-corrected chi connectivity index (χ0v) is 21.2. The largest absolute Gasteiger partial charge is 0.471 e. The Balaban J connectivity index is 1.57. The van der Waals surface area contributed by atoms with Crippen LogP contribution in [0.1, 0.15) is 0 Å². The van der Waals surface area contributed by atoms with Gasteiger partial charge in [-0.15, -0.1) is 0 Å². The van der Waals surface area contributed by atoms with Crippen molar-refractivity contribution >= 4 is 65.7 Å². The summed E-state index contributed by atoms with van der Waals surface area (Å²) in [6.45, 7) is -1.67. The van der Waals surface area contributed by atoms with Gasteiger partial charge in [-0.3, -0.25) is 9.52 Å². The van der Waals surface area contributed by atoms with Crippen LogP contribution in [0, 0.1) is 0 Å². The van der Waals surface area contributed by atoms with Gasteiger partial charge in [0, 0.05) is 37.8 Å². The van der Waals surface area contributed by atoms with Crippen LogP contribution in [-0.2, 0) is 24.8 Å². The quantitative estimate of drug-likeness (QED) is 0.474. The molecule has 0 aliphatic carbocycles. The zero-order chi connectivity index (χ0) is 26.5. The van der Waals surface area contributed by atoms with Crippen molar-refractivity contribution < 1.29 is 34.8 Å². The molecular formula is C20H17Cl2F3N4O5S2. The number of rotatable bonds is 5. The molecule has 1 aliphatic rings. The lowest BCUT2D eigenvalue weighted by atomic mass is 10.2. The number of hydrogen-bond donors (Lipinski definition) is 2. The van der Waals surface area contributed by atoms with E-state index in [1.165, 1.54) is 36.5 Å². The Morgan fingerprint density at radius 1 is 0.944 bits per heavy atom. The van der Waals surface area contributed by atoms with Crippen molar-refractivity contribution in [3.63, 3.8) is 0 Å². The number of fused-ring (bicyclic) bond motifs is 1. The highest BCUT2D eigenvalue weighted by Gasteiger charge is 2.44. The summed E-state index contributed by atoms with van der Waals surface area (Å²) in [7, 11) is -8.53. The normalized spacial score (nSPS) is 15.9. The standard InChI is InChI=1S/C20H17Cl2F3N4O5S2/c21-14-4-5-16(18-17(14)15(22)11-26-18)27-35(31,32)12-2-1-3-13(10-12)36(33,34)29-8-6-28(7-9-29)19(30)20(23,24)25/h1-5,10-11,26-27H,6-9H2. The molecule has 0 atom stereocenters. The molecule has 16 heteroatoms. The molecule has 0 radical (unpaired) electrons. The minimum atomic E-state index is -5.06. The zero-order valence-electron chi connectivity index (χ0n) is 18.0. The van der Waals surface area contributed by atoms with Crippen LogP contribution in [0.15, 0.2) is 52.4 Å². The second kappa shape index (κ2) is 9.41. The minimum Gasteiger partial charge on any atom is -0.358 e. The number of aromatic nitrogens is 1. The number of hydrogen-bond acceptors (Lipinski definition) is 5. The summed E-state index contributed by atoms with van der Waals surface area (Å²) in [6.07, 6.45) is -3.62. The Morgan fingerprint density at radius 3 is 2.22 bits per heavy atom. The maximum Gasteiger partial charge on any atom is 0.471 e. The van der Waals surface area contributed by atoms with E-state index in [0.29, 0.717) is 20.8 Å². The van der Waals surface area contributed by atoms with Crippen LogP contribution in [0.4, 0.5) is 18.9 Å². The van der Waals surface area contributed by atoms with Gasteiger partial charge in [0.2, 0.25) is 10.0 Å². The fourth-order valence-electron chi connectivity index (χ4n) is 3.72. The van der Waals surface area contributed by atoms with E-state index < -0.39 is 45.2 Å². The third-order valence-electron chi connectivity index (χ3n) is 5.50. The van der Waals surface area contributed by atoms with Crippen LogP contribution >= 0.6 is 23.2 Å². The Kier molecular flexibility index (Phi) is 6.94. The molecule has 2 N–H and O–H groups in total. The van der Waals surface area contributed by atoms with Crippen molar-refractivity contribution in [1.29, 1.82) is 0 Å². The number of amides is 1. The summed E-state index contributed by atoms with van der Waals surface area (Å²) in [5.74, 6) is -2.04. The molecule has 1 amide bonds. The molecule has 36 heavy (non-hydrogen) atoms. The van der Waals surface area contributed by atoms with Gasteiger partial charge in [0.15, 0.2) is 0 Å². The lowest BCUT2D eigenvalue weighted by Gasteiger charge is -2.34. The van der Waals surface area contributed by atoms with Crippen LogP contribution in [0.25, 0.3) is 10.9 Å². The molecule has 3 aromatic rings. The molecule has 0 bridgehead atoms. The number of nitrogens with one attached hydrogen (secondary N) is 2. The van der Waals surface area contributed by atoms with Gasteiger partial charge in [0.25, 0.3) is 10.0 Å². The molecule has 0 spiro atoms. The molecule has 1 fully saturated rings. The van der Waals surface area contributed by atoms with Gasteiger partial charge in [0.1, 0.15) is 0 Å². The van der Waals surface area contributed by atoms with Crippen LogP contribution in [0.2, 0.25) is 10.0 Å². The Labute approximate surface area is 213 Å². The van der Waals surface area contributed by atoms with Gasteiger partial charge in [-0.2, -0.15) is 17.5 Å². The third-order valence-corrected chi connectivity index (χ3v) is 9.37.